The second-order valence-electron chi connectivity index (χ2n) is 4.02. The summed E-state index contributed by atoms with van der Waals surface area (Å²) in [4.78, 5) is 7.30. The molecule has 5 nitrogen and oxygen atoms in total. The smallest absolute Gasteiger partial charge is 0.222 e. The lowest BCUT2D eigenvalue weighted by molar-refractivity contribution is 0.332. The highest BCUT2D eigenvalue weighted by Gasteiger charge is 2.04. The molecular formula is C13H15FN4O. The van der Waals surface area contributed by atoms with Crippen LogP contribution in [0.15, 0.2) is 30.5 Å². The Bertz CT molecular complexity index is 562. The van der Waals surface area contributed by atoms with Crippen LogP contribution >= 0.6 is 0 Å². The molecule has 1 heterocycles. The van der Waals surface area contributed by atoms with Crippen LogP contribution in [0.3, 0.4) is 0 Å². The van der Waals surface area contributed by atoms with E-state index in [1.54, 1.807) is 0 Å². The molecule has 0 bridgehead atoms. The van der Waals surface area contributed by atoms with Crippen molar-refractivity contribution < 1.29 is 9.13 Å². The lowest BCUT2D eigenvalue weighted by Gasteiger charge is -2.09. The molecule has 3 N–H and O–H groups in total. The number of rotatable bonds is 5. The van der Waals surface area contributed by atoms with Crippen LogP contribution in [-0.2, 0) is 0 Å². The number of halogens is 1. The van der Waals surface area contributed by atoms with Crippen molar-refractivity contribution >= 4 is 11.8 Å². The number of hydrogen-bond donors (Lipinski definition) is 2. The third-order valence-corrected chi connectivity index (χ3v) is 2.42. The number of nitrogens with zero attached hydrogens (tertiary/aromatic N) is 2. The summed E-state index contributed by atoms with van der Waals surface area (Å²) < 4.78 is 18.8. The van der Waals surface area contributed by atoms with E-state index in [2.05, 4.69) is 15.3 Å². The second-order valence-corrected chi connectivity index (χ2v) is 4.02. The van der Waals surface area contributed by atoms with E-state index >= 15 is 0 Å². The summed E-state index contributed by atoms with van der Waals surface area (Å²) in [5.41, 5.74) is 6.50. The third kappa shape index (κ3) is 3.80. The molecule has 0 fully saturated rings. The molecule has 1 aromatic carbocycles. The molecule has 0 unspecified atom stereocenters. The highest BCUT2D eigenvalue weighted by atomic mass is 19.1. The van der Waals surface area contributed by atoms with Crippen LogP contribution in [0.25, 0.3) is 0 Å². The second kappa shape index (κ2) is 5.99. The predicted octanol–water partition coefficient (Wildman–Crippen LogP) is 2.00. The first-order valence-electron chi connectivity index (χ1n) is 5.86. The summed E-state index contributed by atoms with van der Waals surface area (Å²) in [5.74, 6) is 0.359. The minimum Gasteiger partial charge on any atom is -0.492 e. The molecule has 2 rings (SSSR count). The zero-order chi connectivity index (χ0) is 13.7. The van der Waals surface area contributed by atoms with Crippen molar-refractivity contribution in [2.24, 2.45) is 0 Å². The zero-order valence-corrected chi connectivity index (χ0v) is 10.6. The molecule has 0 atom stereocenters. The van der Waals surface area contributed by atoms with Gasteiger partial charge in [0.1, 0.15) is 12.4 Å². The maximum absolute atomic E-state index is 13.3. The highest BCUT2D eigenvalue weighted by Crippen LogP contribution is 2.12. The Morgan fingerprint density at radius 1 is 1.42 bits per heavy atom. The Balaban J connectivity index is 1.82. The van der Waals surface area contributed by atoms with E-state index in [0.29, 0.717) is 13.2 Å². The van der Waals surface area contributed by atoms with Gasteiger partial charge < -0.3 is 15.8 Å². The average Bonchev–Trinajstić information content (AvgIpc) is 2.39. The summed E-state index contributed by atoms with van der Waals surface area (Å²) in [7, 11) is 0. The van der Waals surface area contributed by atoms with Gasteiger partial charge in [0.05, 0.1) is 12.7 Å². The molecule has 0 radical (unpaired) electrons. The van der Waals surface area contributed by atoms with Crippen molar-refractivity contribution in [1.82, 2.24) is 9.97 Å². The number of anilines is 2. The van der Waals surface area contributed by atoms with Gasteiger partial charge in [-0.2, -0.15) is 4.98 Å². The van der Waals surface area contributed by atoms with Gasteiger partial charge >= 0.3 is 0 Å². The Hall–Kier alpha value is -2.37. The number of hydrogen-bond acceptors (Lipinski definition) is 5. The predicted molar refractivity (Wildman–Crippen MR) is 71.6 cm³/mol. The molecule has 0 aliphatic carbocycles. The molecule has 1 aromatic heterocycles. The number of ether oxygens (including phenoxy) is 1. The van der Waals surface area contributed by atoms with Crippen molar-refractivity contribution in [2.75, 3.05) is 24.2 Å². The van der Waals surface area contributed by atoms with Gasteiger partial charge in [-0.05, 0) is 24.6 Å². The Kier molecular flexibility index (Phi) is 4.12. The minimum atomic E-state index is -0.537. The first kappa shape index (κ1) is 13.1. The maximum atomic E-state index is 13.3. The molecule has 0 saturated heterocycles. The lowest BCUT2D eigenvalue weighted by Crippen LogP contribution is -2.14. The van der Waals surface area contributed by atoms with Crippen molar-refractivity contribution in [3.63, 3.8) is 0 Å². The quantitative estimate of drug-likeness (QED) is 0.806. The van der Waals surface area contributed by atoms with Gasteiger partial charge in [-0.1, -0.05) is 12.1 Å². The topological polar surface area (TPSA) is 73.1 Å². The van der Waals surface area contributed by atoms with Crippen LogP contribution in [0.2, 0.25) is 0 Å². The van der Waals surface area contributed by atoms with E-state index in [4.69, 9.17) is 10.5 Å². The summed E-state index contributed by atoms with van der Waals surface area (Å²) in [6, 6.07) is 7.71. The van der Waals surface area contributed by atoms with Gasteiger partial charge in [0.2, 0.25) is 5.95 Å². The Morgan fingerprint density at radius 3 is 3.05 bits per heavy atom. The summed E-state index contributed by atoms with van der Waals surface area (Å²) in [6.45, 7) is 2.80. The van der Waals surface area contributed by atoms with Gasteiger partial charge in [0, 0.05) is 0 Å². The van der Waals surface area contributed by atoms with Gasteiger partial charge in [-0.15, -0.1) is 0 Å². The van der Waals surface area contributed by atoms with Crippen LogP contribution < -0.4 is 15.8 Å². The molecule has 0 amide bonds. The van der Waals surface area contributed by atoms with E-state index < -0.39 is 5.82 Å². The van der Waals surface area contributed by atoms with E-state index in [1.165, 1.54) is 0 Å². The number of nitrogens with one attached hydrogen (secondary N) is 1. The number of benzene rings is 1. The molecule has 0 saturated carbocycles. The highest BCUT2D eigenvalue weighted by molar-refractivity contribution is 5.39. The lowest BCUT2D eigenvalue weighted by atomic mass is 10.2. The molecule has 100 valence electrons. The van der Waals surface area contributed by atoms with Crippen LogP contribution in [0.1, 0.15) is 5.56 Å². The maximum Gasteiger partial charge on any atom is 0.222 e. The van der Waals surface area contributed by atoms with Gasteiger partial charge in [0.25, 0.3) is 0 Å². The molecule has 0 aliphatic heterocycles. The van der Waals surface area contributed by atoms with Crippen molar-refractivity contribution in [2.45, 2.75) is 6.92 Å². The zero-order valence-electron chi connectivity index (χ0n) is 10.6. The standard InChI is InChI=1S/C13H15FN4O/c1-9-3-2-4-10(7-9)19-6-5-16-12-11(14)8-17-13(15)18-12/h2-4,7-8H,5-6H2,1H3,(H3,15,16,17,18). The third-order valence-electron chi connectivity index (χ3n) is 2.42. The fourth-order valence-electron chi connectivity index (χ4n) is 1.55. The number of nitrogen functional groups attached to an aromatic ring is 1. The van der Waals surface area contributed by atoms with Crippen LogP contribution in [-0.4, -0.2) is 23.1 Å². The summed E-state index contributed by atoms with van der Waals surface area (Å²) in [5, 5.41) is 2.81. The van der Waals surface area contributed by atoms with E-state index in [0.717, 1.165) is 17.5 Å². The molecule has 0 spiro atoms. The van der Waals surface area contributed by atoms with Crippen molar-refractivity contribution in [3.05, 3.63) is 41.8 Å². The molecule has 6 heteroatoms. The fraction of sp³-hybridized carbons (Fsp3) is 0.231. The molecule has 0 aliphatic rings. The minimum absolute atomic E-state index is 0.0310. The summed E-state index contributed by atoms with van der Waals surface area (Å²) in [6.07, 6.45) is 1.03. The number of nitrogens with two attached hydrogens (primary N) is 1. The van der Waals surface area contributed by atoms with Gasteiger partial charge in [-0.3, -0.25) is 0 Å². The Labute approximate surface area is 110 Å². The SMILES string of the molecule is Cc1cccc(OCCNc2nc(N)ncc2F)c1. The van der Waals surface area contributed by atoms with E-state index in [9.17, 15) is 4.39 Å². The van der Waals surface area contributed by atoms with Gasteiger partial charge in [-0.25, -0.2) is 9.37 Å². The molecule has 19 heavy (non-hydrogen) atoms. The van der Waals surface area contributed by atoms with E-state index in [-0.39, 0.29) is 11.8 Å². The van der Waals surface area contributed by atoms with Crippen LogP contribution in [0.5, 0.6) is 5.75 Å². The first-order valence-corrected chi connectivity index (χ1v) is 5.86. The molecule has 2 aromatic rings. The van der Waals surface area contributed by atoms with Gasteiger partial charge in [0.15, 0.2) is 11.6 Å². The van der Waals surface area contributed by atoms with Crippen molar-refractivity contribution in [3.8, 4) is 5.75 Å². The number of aromatic nitrogens is 2. The first-order chi connectivity index (χ1) is 9.15. The van der Waals surface area contributed by atoms with E-state index in [1.807, 2.05) is 31.2 Å². The fourth-order valence-corrected chi connectivity index (χ4v) is 1.55. The average molecular weight is 262 g/mol. The van der Waals surface area contributed by atoms with Crippen LogP contribution in [0.4, 0.5) is 16.2 Å². The molecular weight excluding hydrogens is 247 g/mol. The van der Waals surface area contributed by atoms with Crippen LogP contribution in [0, 0.1) is 12.7 Å². The normalized spacial score (nSPS) is 10.2. The summed E-state index contributed by atoms with van der Waals surface area (Å²) >= 11 is 0. The largest absolute Gasteiger partial charge is 0.492 e. The van der Waals surface area contributed by atoms with Crippen molar-refractivity contribution in [1.29, 1.82) is 0 Å². The number of aryl methyl sites for hydroxylation is 1. The monoisotopic (exact) mass is 262 g/mol. The Morgan fingerprint density at radius 2 is 2.26 bits per heavy atom.